The van der Waals surface area contributed by atoms with Crippen LogP contribution in [0.2, 0.25) is 5.02 Å². The van der Waals surface area contributed by atoms with E-state index in [4.69, 9.17) is 16.7 Å². The van der Waals surface area contributed by atoms with Crippen LogP contribution in [-0.4, -0.2) is 16.1 Å². The molecule has 0 amide bonds. The van der Waals surface area contributed by atoms with E-state index < -0.39 is 11.8 Å². The molecule has 0 fully saturated rings. The smallest absolute Gasteiger partial charge is 0.335 e. The fourth-order valence-electron chi connectivity index (χ4n) is 1.30. The van der Waals surface area contributed by atoms with Gasteiger partial charge in [0.1, 0.15) is 5.82 Å². The minimum atomic E-state index is -1.09. The molecule has 0 atom stereocenters. The second-order valence-corrected chi connectivity index (χ2v) is 3.23. The molecule has 0 aliphatic rings. The first kappa shape index (κ1) is 9.02. The predicted molar refractivity (Wildman–Crippen MR) is 50.2 cm³/mol. The molecule has 3 nitrogen and oxygen atoms in total. The fraction of sp³-hybridized carbons (Fsp3) is 0. The Balaban J connectivity index is 2.80. The van der Waals surface area contributed by atoms with Gasteiger partial charge in [0.05, 0.1) is 21.5 Å². The number of carbonyl (C=O) groups is 1. The quantitative estimate of drug-likeness (QED) is 0.765. The average Bonchev–Trinajstić information content (AvgIpc) is 2.48. The van der Waals surface area contributed by atoms with Crippen LogP contribution in [0.15, 0.2) is 18.3 Å². The highest BCUT2D eigenvalue weighted by Gasteiger charge is 2.11. The summed E-state index contributed by atoms with van der Waals surface area (Å²) in [7, 11) is 0. The zero-order chi connectivity index (χ0) is 10.3. The van der Waals surface area contributed by atoms with E-state index in [0.717, 1.165) is 6.20 Å². The van der Waals surface area contributed by atoms with E-state index in [0.29, 0.717) is 5.52 Å². The van der Waals surface area contributed by atoms with Crippen LogP contribution in [0.4, 0.5) is 4.39 Å². The summed E-state index contributed by atoms with van der Waals surface area (Å²) in [6, 6.07) is 2.57. The van der Waals surface area contributed by atoms with Gasteiger partial charge in [-0.1, -0.05) is 11.6 Å². The highest BCUT2D eigenvalue weighted by atomic mass is 35.5. The van der Waals surface area contributed by atoms with Crippen LogP contribution in [0.3, 0.4) is 0 Å². The first-order chi connectivity index (χ1) is 6.59. The summed E-state index contributed by atoms with van der Waals surface area (Å²) in [5.41, 5.74) is 0.414. The third kappa shape index (κ3) is 1.24. The molecule has 0 radical (unpaired) electrons. The van der Waals surface area contributed by atoms with E-state index in [1.807, 2.05) is 0 Å². The molecule has 0 spiro atoms. The summed E-state index contributed by atoms with van der Waals surface area (Å²) in [5.74, 6) is -1.58. The number of carboxylic acid groups (broad SMARTS) is 1. The molecule has 14 heavy (non-hydrogen) atoms. The van der Waals surface area contributed by atoms with Crippen LogP contribution in [0.1, 0.15) is 10.4 Å². The summed E-state index contributed by atoms with van der Waals surface area (Å²) in [6.07, 6.45) is 1.14. The number of H-pyrrole nitrogens is 1. The van der Waals surface area contributed by atoms with Crippen LogP contribution in [0, 0.1) is 5.82 Å². The van der Waals surface area contributed by atoms with E-state index in [1.165, 1.54) is 12.1 Å². The lowest BCUT2D eigenvalue weighted by Crippen LogP contribution is -1.95. The van der Waals surface area contributed by atoms with Crippen molar-refractivity contribution in [1.29, 1.82) is 0 Å². The molecule has 2 aromatic rings. The number of halogens is 2. The summed E-state index contributed by atoms with van der Waals surface area (Å²) >= 11 is 5.73. The van der Waals surface area contributed by atoms with Crippen molar-refractivity contribution >= 4 is 28.5 Å². The van der Waals surface area contributed by atoms with Gasteiger partial charge in [-0.25, -0.2) is 9.18 Å². The maximum atomic E-state index is 13.1. The number of rotatable bonds is 1. The third-order valence-electron chi connectivity index (χ3n) is 1.93. The van der Waals surface area contributed by atoms with E-state index in [9.17, 15) is 9.18 Å². The van der Waals surface area contributed by atoms with Crippen molar-refractivity contribution in [1.82, 2.24) is 4.98 Å². The van der Waals surface area contributed by atoms with Crippen molar-refractivity contribution in [2.24, 2.45) is 0 Å². The van der Waals surface area contributed by atoms with Gasteiger partial charge in [-0.05, 0) is 12.1 Å². The molecule has 2 rings (SSSR count). The molecule has 72 valence electrons. The average molecular weight is 214 g/mol. The minimum Gasteiger partial charge on any atom is -0.478 e. The van der Waals surface area contributed by atoms with Crippen molar-refractivity contribution < 1.29 is 14.3 Å². The summed E-state index contributed by atoms with van der Waals surface area (Å²) < 4.78 is 13.1. The van der Waals surface area contributed by atoms with Crippen molar-refractivity contribution in [3.8, 4) is 0 Å². The van der Waals surface area contributed by atoms with Crippen LogP contribution in [0.5, 0.6) is 0 Å². The highest BCUT2D eigenvalue weighted by Crippen LogP contribution is 2.27. The van der Waals surface area contributed by atoms with Crippen molar-refractivity contribution in [3.05, 3.63) is 34.7 Å². The number of aromatic carboxylic acids is 1. The molecule has 1 aromatic carbocycles. The van der Waals surface area contributed by atoms with Crippen molar-refractivity contribution in [2.45, 2.75) is 0 Å². The monoisotopic (exact) mass is 213 g/mol. The first-order valence-electron chi connectivity index (χ1n) is 3.79. The van der Waals surface area contributed by atoms with Crippen LogP contribution >= 0.6 is 11.6 Å². The molecule has 2 N–H and O–H groups in total. The van der Waals surface area contributed by atoms with Gasteiger partial charge in [-0.15, -0.1) is 0 Å². The molecule has 5 heteroatoms. The molecule has 0 unspecified atom stereocenters. The molecular weight excluding hydrogens is 209 g/mol. The third-order valence-corrected chi connectivity index (χ3v) is 2.23. The zero-order valence-electron chi connectivity index (χ0n) is 6.84. The van der Waals surface area contributed by atoms with Gasteiger partial charge in [0, 0.05) is 6.20 Å². The van der Waals surface area contributed by atoms with E-state index in [-0.39, 0.29) is 16.0 Å². The second kappa shape index (κ2) is 2.99. The molecular formula is C9H5ClFNO2. The zero-order valence-corrected chi connectivity index (χ0v) is 7.60. The Hall–Kier alpha value is -1.55. The number of aromatic nitrogens is 1. The summed E-state index contributed by atoms with van der Waals surface area (Å²) in [6.45, 7) is 0. The Morgan fingerprint density at radius 1 is 1.50 bits per heavy atom. The lowest BCUT2D eigenvalue weighted by atomic mass is 10.1. The maximum Gasteiger partial charge on any atom is 0.335 e. The van der Waals surface area contributed by atoms with Crippen LogP contribution in [-0.2, 0) is 0 Å². The molecule has 0 bridgehead atoms. The number of fused-ring (bicyclic) bond motifs is 1. The number of carboxylic acids is 1. The summed E-state index contributed by atoms with van der Waals surface area (Å²) in [4.78, 5) is 13.2. The lowest BCUT2D eigenvalue weighted by molar-refractivity contribution is 0.0697. The van der Waals surface area contributed by atoms with Gasteiger partial charge in [-0.3, -0.25) is 0 Å². The number of benzene rings is 1. The number of nitrogens with one attached hydrogen (secondary N) is 1. The van der Waals surface area contributed by atoms with Gasteiger partial charge in [0.2, 0.25) is 0 Å². The number of hydrogen-bond acceptors (Lipinski definition) is 1. The van der Waals surface area contributed by atoms with Gasteiger partial charge in [0.15, 0.2) is 0 Å². The van der Waals surface area contributed by atoms with Gasteiger partial charge < -0.3 is 10.1 Å². The van der Waals surface area contributed by atoms with Crippen molar-refractivity contribution in [3.63, 3.8) is 0 Å². The Morgan fingerprint density at radius 3 is 2.86 bits per heavy atom. The predicted octanol–water partition coefficient (Wildman–Crippen LogP) is 2.66. The van der Waals surface area contributed by atoms with E-state index >= 15 is 0 Å². The standard InChI is InChI=1S/C9H5ClFNO2/c10-5-1-4(9(13)14)2-7-8(5)6(11)3-12-7/h1-3,12H,(H,13,14). The lowest BCUT2D eigenvalue weighted by Gasteiger charge is -1.97. The molecule has 0 aliphatic heterocycles. The van der Waals surface area contributed by atoms with Crippen molar-refractivity contribution in [2.75, 3.05) is 0 Å². The first-order valence-corrected chi connectivity index (χ1v) is 4.17. The molecule has 0 aliphatic carbocycles. The SMILES string of the molecule is O=C(O)c1cc(Cl)c2c(F)c[nH]c2c1. The van der Waals surface area contributed by atoms with Crippen LogP contribution < -0.4 is 0 Å². The molecule has 0 saturated heterocycles. The summed E-state index contributed by atoms with van der Waals surface area (Å²) in [5, 5.41) is 9.02. The van der Waals surface area contributed by atoms with Gasteiger partial charge in [0.25, 0.3) is 0 Å². The topological polar surface area (TPSA) is 53.1 Å². The van der Waals surface area contributed by atoms with E-state index in [1.54, 1.807) is 0 Å². The van der Waals surface area contributed by atoms with Gasteiger partial charge >= 0.3 is 5.97 Å². The number of aromatic amines is 1. The van der Waals surface area contributed by atoms with Crippen LogP contribution in [0.25, 0.3) is 10.9 Å². The molecule has 0 saturated carbocycles. The highest BCUT2D eigenvalue weighted by molar-refractivity contribution is 6.35. The number of hydrogen-bond donors (Lipinski definition) is 2. The molecule has 1 aromatic heterocycles. The van der Waals surface area contributed by atoms with Gasteiger partial charge in [-0.2, -0.15) is 0 Å². The fourth-order valence-corrected chi connectivity index (χ4v) is 1.61. The second-order valence-electron chi connectivity index (χ2n) is 2.82. The minimum absolute atomic E-state index is 0.0318. The maximum absolute atomic E-state index is 13.1. The largest absolute Gasteiger partial charge is 0.478 e. The Morgan fingerprint density at radius 2 is 2.21 bits per heavy atom. The Labute approximate surface area is 83.1 Å². The Bertz CT molecular complexity index is 521. The van der Waals surface area contributed by atoms with E-state index in [2.05, 4.69) is 4.98 Å². The molecule has 1 heterocycles. The Kier molecular flexibility index (Phi) is 1.93. The normalized spacial score (nSPS) is 10.7.